The summed E-state index contributed by atoms with van der Waals surface area (Å²) in [7, 11) is 0. The smallest absolute Gasteiger partial charge is 0.186 e. The van der Waals surface area contributed by atoms with Gasteiger partial charge >= 0.3 is 0 Å². The normalized spacial score (nSPS) is 12.9. The van der Waals surface area contributed by atoms with Gasteiger partial charge in [-0.15, -0.1) is 5.11 Å². The zero-order valence-corrected chi connectivity index (χ0v) is 6.73. The van der Waals surface area contributed by atoms with Crippen LogP contribution in [0.5, 0.6) is 0 Å². The first-order valence-corrected chi connectivity index (χ1v) is 4.00. The lowest BCUT2D eigenvalue weighted by Gasteiger charge is -2.09. The summed E-state index contributed by atoms with van der Waals surface area (Å²) in [6.07, 6.45) is 1.74. The predicted octanol–water partition coefficient (Wildman–Crippen LogP) is 2.66. The molecule has 0 fully saturated rings. The molecule has 2 heterocycles. The quantitative estimate of drug-likeness (QED) is 0.660. The number of hydrogen-bond acceptors (Lipinski definition) is 4. The van der Waals surface area contributed by atoms with E-state index in [9.17, 15) is 0 Å². The van der Waals surface area contributed by atoms with Gasteiger partial charge in [0.2, 0.25) is 0 Å². The molecule has 62 valence electrons. The van der Waals surface area contributed by atoms with E-state index in [0.29, 0.717) is 5.82 Å². The fourth-order valence-corrected chi connectivity index (χ4v) is 1.51. The summed E-state index contributed by atoms with van der Waals surface area (Å²) in [6.45, 7) is 0. The topological polar surface area (TPSA) is 49.6 Å². The molecule has 13 heavy (non-hydrogen) atoms. The number of nitrogens with one attached hydrogen (secondary N) is 1. The summed E-state index contributed by atoms with van der Waals surface area (Å²) in [4.78, 5) is 4.14. The first-order valence-electron chi connectivity index (χ1n) is 4.00. The Hall–Kier alpha value is -1.97. The minimum Gasteiger partial charge on any atom is -0.259 e. The molecule has 0 saturated carbocycles. The molecule has 4 nitrogen and oxygen atoms in total. The fraction of sp³-hybridized carbons (Fsp3) is 0. The van der Waals surface area contributed by atoms with Crippen molar-refractivity contribution in [1.82, 2.24) is 4.98 Å². The van der Waals surface area contributed by atoms with Crippen LogP contribution in [0.4, 0.5) is 11.5 Å². The minimum absolute atomic E-state index is 0.687. The van der Waals surface area contributed by atoms with Crippen molar-refractivity contribution < 1.29 is 0 Å². The Kier molecular flexibility index (Phi) is 1.14. The summed E-state index contributed by atoms with van der Waals surface area (Å²) in [5.41, 5.74) is 3.81. The zero-order chi connectivity index (χ0) is 8.67. The van der Waals surface area contributed by atoms with E-state index < -0.39 is 0 Å². The van der Waals surface area contributed by atoms with Gasteiger partial charge in [-0.1, -0.05) is 17.4 Å². The second kappa shape index (κ2) is 2.26. The molecule has 0 unspecified atom stereocenters. The van der Waals surface area contributed by atoms with Crippen molar-refractivity contribution in [2.45, 2.75) is 0 Å². The summed E-state index contributed by atoms with van der Waals surface area (Å²) in [5.74, 6) is 0.687. The maximum atomic E-state index is 4.14. The van der Waals surface area contributed by atoms with E-state index in [4.69, 9.17) is 0 Å². The third-order valence-electron chi connectivity index (χ3n) is 2.09. The van der Waals surface area contributed by atoms with E-state index in [1.807, 2.05) is 24.3 Å². The standard InChI is InChI=1S/C9H6N4/c1-2-6-4-5-10-9-8(6)7(3-1)11-13-12-9/h1-5H,(H,10,11,12). The Morgan fingerprint density at radius 2 is 2.15 bits per heavy atom. The average Bonchev–Trinajstić information content (AvgIpc) is 2.19. The van der Waals surface area contributed by atoms with Crippen molar-refractivity contribution in [2.75, 3.05) is 5.43 Å². The maximum Gasteiger partial charge on any atom is 0.186 e. The lowest BCUT2D eigenvalue weighted by atomic mass is 10.1. The van der Waals surface area contributed by atoms with E-state index in [2.05, 4.69) is 20.7 Å². The lowest BCUT2D eigenvalue weighted by Crippen LogP contribution is -1.93. The Labute approximate surface area is 74.3 Å². The van der Waals surface area contributed by atoms with Crippen molar-refractivity contribution in [3.05, 3.63) is 30.5 Å². The Morgan fingerprint density at radius 3 is 3.15 bits per heavy atom. The second-order valence-electron chi connectivity index (χ2n) is 2.85. The fourth-order valence-electron chi connectivity index (χ4n) is 1.51. The molecule has 1 aliphatic heterocycles. The summed E-state index contributed by atoms with van der Waals surface area (Å²) >= 11 is 0. The van der Waals surface area contributed by atoms with Crippen LogP contribution in [0.2, 0.25) is 0 Å². The van der Waals surface area contributed by atoms with E-state index in [1.165, 1.54) is 0 Å². The third-order valence-corrected chi connectivity index (χ3v) is 2.09. The van der Waals surface area contributed by atoms with Crippen LogP contribution >= 0.6 is 0 Å². The molecule has 3 rings (SSSR count). The Morgan fingerprint density at radius 1 is 1.15 bits per heavy atom. The van der Waals surface area contributed by atoms with E-state index in [1.54, 1.807) is 6.20 Å². The largest absolute Gasteiger partial charge is 0.259 e. The van der Waals surface area contributed by atoms with Gasteiger partial charge in [0.15, 0.2) is 5.82 Å². The van der Waals surface area contributed by atoms with E-state index >= 15 is 0 Å². The van der Waals surface area contributed by atoms with Crippen LogP contribution in [-0.2, 0) is 0 Å². The van der Waals surface area contributed by atoms with Gasteiger partial charge in [0.05, 0.1) is 11.1 Å². The first-order chi connectivity index (χ1) is 6.45. The number of rotatable bonds is 0. The Bertz CT molecular complexity index is 499. The highest BCUT2D eigenvalue weighted by Gasteiger charge is 2.09. The van der Waals surface area contributed by atoms with Gasteiger partial charge in [-0.05, 0) is 17.5 Å². The monoisotopic (exact) mass is 170 g/mol. The molecule has 1 aromatic carbocycles. The van der Waals surface area contributed by atoms with Crippen LogP contribution in [0, 0.1) is 0 Å². The van der Waals surface area contributed by atoms with Crippen molar-refractivity contribution in [3.8, 4) is 0 Å². The van der Waals surface area contributed by atoms with Gasteiger partial charge in [0, 0.05) is 6.20 Å². The number of nitrogens with zero attached hydrogens (tertiary/aromatic N) is 3. The second-order valence-corrected chi connectivity index (χ2v) is 2.85. The number of pyridine rings is 1. The van der Waals surface area contributed by atoms with Crippen LogP contribution in [0.15, 0.2) is 40.8 Å². The summed E-state index contributed by atoms with van der Waals surface area (Å²) < 4.78 is 0. The number of aromatic nitrogens is 1. The predicted molar refractivity (Wildman–Crippen MR) is 49.9 cm³/mol. The highest BCUT2D eigenvalue weighted by atomic mass is 15.4. The average molecular weight is 170 g/mol. The maximum absolute atomic E-state index is 4.14. The molecule has 0 aliphatic carbocycles. The van der Waals surface area contributed by atoms with Gasteiger partial charge in [0.25, 0.3) is 0 Å². The molecule has 0 bridgehead atoms. The highest BCUT2D eigenvalue weighted by molar-refractivity contribution is 6.00. The third kappa shape index (κ3) is 0.823. The molecule has 1 N–H and O–H groups in total. The van der Waals surface area contributed by atoms with Crippen LogP contribution < -0.4 is 5.43 Å². The molecular weight excluding hydrogens is 164 g/mol. The lowest BCUT2D eigenvalue weighted by molar-refractivity contribution is 1.08. The molecule has 0 spiro atoms. The van der Waals surface area contributed by atoms with Gasteiger partial charge < -0.3 is 0 Å². The number of hydrogen-bond donors (Lipinski definition) is 1. The summed E-state index contributed by atoms with van der Waals surface area (Å²) in [5, 5.41) is 9.84. The molecular formula is C9H6N4. The Balaban J connectivity index is 2.56. The number of anilines is 1. The van der Waals surface area contributed by atoms with Gasteiger partial charge in [0.1, 0.15) is 0 Å². The molecule has 0 amide bonds. The molecule has 4 heteroatoms. The molecule has 2 aromatic rings. The van der Waals surface area contributed by atoms with Gasteiger partial charge in [-0.2, -0.15) is 0 Å². The van der Waals surface area contributed by atoms with Crippen LogP contribution in [0.25, 0.3) is 10.8 Å². The van der Waals surface area contributed by atoms with Crippen molar-refractivity contribution >= 4 is 22.3 Å². The highest BCUT2D eigenvalue weighted by Crippen LogP contribution is 2.33. The number of benzene rings is 1. The molecule has 0 saturated heterocycles. The van der Waals surface area contributed by atoms with Crippen molar-refractivity contribution in [3.63, 3.8) is 0 Å². The van der Waals surface area contributed by atoms with Gasteiger partial charge in [-0.25, -0.2) is 4.98 Å². The zero-order valence-electron chi connectivity index (χ0n) is 6.73. The van der Waals surface area contributed by atoms with Crippen molar-refractivity contribution in [2.24, 2.45) is 10.3 Å². The van der Waals surface area contributed by atoms with Crippen molar-refractivity contribution in [1.29, 1.82) is 0 Å². The van der Waals surface area contributed by atoms with E-state index in [-0.39, 0.29) is 0 Å². The molecule has 0 atom stereocenters. The SMILES string of the molecule is c1cc2c3c(nccc3c1)N=NN2. The molecule has 1 aromatic heterocycles. The van der Waals surface area contributed by atoms with Crippen LogP contribution in [-0.4, -0.2) is 4.98 Å². The summed E-state index contributed by atoms with van der Waals surface area (Å²) in [6, 6.07) is 7.94. The van der Waals surface area contributed by atoms with Crippen LogP contribution in [0.1, 0.15) is 0 Å². The molecule has 0 radical (unpaired) electrons. The molecule has 1 aliphatic rings. The minimum atomic E-state index is 0.687. The van der Waals surface area contributed by atoms with Crippen LogP contribution in [0.3, 0.4) is 0 Å². The van der Waals surface area contributed by atoms with Gasteiger partial charge in [-0.3, -0.25) is 5.43 Å². The first kappa shape index (κ1) is 6.54. The van der Waals surface area contributed by atoms with E-state index in [0.717, 1.165) is 16.5 Å².